The maximum absolute atomic E-state index is 4.98. The first-order valence-corrected chi connectivity index (χ1v) is 11.8. The van der Waals surface area contributed by atoms with E-state index in [1.54, 1.807) is 0 Å². The normalized spacial score (nSPS) is 13.3. The summed E-state index contributed by atoms with van der Waals surface area (Å²) in [7, 11) is 0. The van der Waals surface area contributed by atoms with Crippen molar-refractivity contribution in [1.29, 1.82) is 0 Å². The van der Waals surface area contributed by atoms with Crippen LogP contribution in [-0.2, 0) is 0 Å². The van der Waals surface area contributed by atoms with E-state index in [4.69, 9.17) is 4.98 Å². The highest BCUT2D eigenvalue weighted by molar-refractivity contribution is 6.90. The molecule has 4 aromatic carbocycles. The van der Waals surface area contributed by atoms with Gasteiger partial charge >= 0.3 is 6.85 Å². The largest absolute Gasteiger partial charge is 0.374 e. The molecule has 6 aromatic rings. The number of pyridine rings is 1. The van der Waals surface area contributed by atoms with Gasteiger partial charge in [0.15, 0.2) is 0 Å². The second kappa shape index (κ2) is 6.39. The molecule has 2 aliphatic heterocycles. The monoisotopic (exact) mass is 433 g/mol. The average molecular weight is 433 g/mol. The highest BCUT2D eigenvalue weighted by Gasteiger charge is 2.43. The van der Waals surface area contributed by atoms with Crippen molar-refractivity contribution in [3.63, 3.8) is 0 Å². The van der Waals surface area contributed by atoms with Crippen LogP contribution in [-0.4, -0.2) is 16.3 Å². The van der Waals surface area contributed by atoms with Crippen molar-refractivity contribution in [2.45, 2.75) is 6.92 Å². The zero-order valence-electron chi connectivity index (χ0n) is 18.7. The van der Waals surface area contributed by atoms with Crippen molar-refractivity contribution in [3.05, 3.63) is 109 Å². The molecule has 3 nitrogen and oxygen atoms in total. The Labute approximate surface area is 198 Å². The molecule has 34 heavy (non-hydrogen) atoms. The van der Waals surface area contributed by atoms with Crippen LogP contribution in [0.2, 0.25) is 0 Å². The Hall–Kier alpha value is -4.31. The molecule has 0 unspecified atom stereocenters. The minimum Gasteiger partial charge on any atom is -0.374 e. The fourth-order valence-electron chi connectivity index (χ4n) is 6.23. The quantitative estimate of drug-likeness (QED) is 0.300. The van der Waals surface area contributed by atoms with Crippen molar-refractivity contribution in [2.75, 3.05) is 4.90 Å². The molecule has 8 rings (SSSR count). The van der Waals surface area contributed by atoms with Gasteiger partial charge in [-0.25, -0.2) is 0 Å². The summed E-state index contributed by atoms with van der Waals surface area (Å²) < 4.78 is 2.54. The van der Waals surface area contributed by atoms with Gasteiger partial charge in [0, 0.05) is 45.1 Å². The van der Waals surface area contributed by atoms with Crippen LogP contribution in [0.25, 0.3) is 33.1 Å². The van der Waals surface area contributed by atoms with Crippen molar-refractivity contribution >= 4 is 56.6 Å². The number of nitrogens with zero attached hydrogens (tertiary/aromatic N) is 3. The molecule has 0 bridgehead atoms. The van der Waals surface area contributed by atoms with Gasteiger partial charge in [-0.3, -0.25) is 4.98 Å². The number of aromatic nitrogens is 2. The van der Waals surface area contributed by atoms with Crippen LogP contribution in [0.4, 0.5) is 17.1 Å². The van der Waals surface area contributed by atoms with Crippen LogP contribution in [0.5, 0.6) is 0 Å². The molecule has 0 radical (unpaired) electrons. The van der Waals surface area contributed by atoms with Crippen molar-refractivity contribution < 1.29 is 0 Å². The van der Waals surface area contributed by atoms with Crippen LogP contribution in [0.3, 0.4) is 0 Å². The number of aryl methyl sites for hydroxylation is 1. The first-order valence-electron chi connectivity index (χ1n) is 11.8. The van der Waals surface area contributed by atoms with Gasteiger partial charge in [0.2, 0.25) is 0 Å². The summed E-state index contributed by atoms with van der Waals surface area (Å²) in [6.45, 7) is 2.32. The molecule has 4 heteroatoms. The van der Waals surface area contributed by atoms with Crippen LogP contribution >= 0.6 is 0 Å². The number of fused-ring (bicyclic) bond motifs is 7. The van der Waals surface area contributed by atoms with Gasteiger partial charge in [-0.15, -0.1) is 0 Å². The van der Waals surface area contributed by atoms with E-state index in [0.29, 0.717) is 0 Å². The third-order valence-corrected chi connectivity index (χ3v) is 7.55. The first-order chi connectivity index (χ1) is 16.8. The maximum Gasteiger partial charge on any atom is 0.333 e. The smallest absolute Gasteiger partial charge is 0.333 e. The van der Waals surface area contributed by atoms with E-state index in [0.717, 1.165) is 5.69 Å². The average Bonchev–Trinajstić information content (AvgIpc) is 3.23. The highest BCUT2D eigenvalue weighted by Crippen LogP contribution is 2.44. The lowest BCUT2D eigenvalue weighted by molar-refractivity contribution is 1.22. The third kappa shape index (κ3) is 2.11. The molecule has 2 aliphatic rings. The van der Waals surface area contributed by atoms with Crippen molar-refractivity contribution in [2.24, 2.45) is 0 Å². The number of hydrogen-bond donors (Lipinski definition) is 0. The number of anilines is 3. The van der Waals surface area contributed by atoms with E-state index in [1.165, 1.54) is 60.9 Å². The standard InChI is InChI=1S/C30H20BN3/c1-19-15-16-26-28-27(19)29-30-22(17-18-32-29)21-11-5-7-13-24(21)34(30)31(28)23-12-6-8-14-25(23)33(26)20-9-3-2-4-10-20/h2-18H,1H3. The van der Waals surface area contributed by atoms with Gasteiger partial charge in [-0.05, 0) is 59.8 Å². The van der Waals surface area contributed by atoms with Gasteiger partial charge in [0.25, 0.3) is 0 Å². The number of benzene rings is 4. The Kier molecular flexibility index (Phi) is 3.41. The van der Waals surface area contributed by atoms with Crippen LogP contribution < -0.4 is 15.8 Å². The molecule has 0 fully saturated rings. The Morgan fingerprint density at radius 3 is 2.41 bits per heavy atom. The van der Waals surface area contributed by atoms with Crippen molar-refractivity contribution in [1.82, 2.24) is 9.46 Å². The summed E-state index contributed by atoms with van der Waals surface area (Å²) in [5.74, 6) is 0. The second-order valence-electron chi connectivity index (χ2n) is 9.27. The maximum atomic E-state index is 4.98. The highest BCUT2D eigenvalue weighted by atomic mass is 15.2. The minimum absolute atomic E-state index is 0.0974. The van der Waals surface area contributed by atoms with Gasteiger partial charge < -0.3 is 9.38 Å². The Balaban J connectivity index is 1.60. The Bertz CT molecular complexity index is 1780. The van der Waals surface area contributed by atoms with E-state index >= 15 is 0 Å². The zero-order chi connectivity index (χ0) is 22.4. The molecule has 0 atom stereocenters. The molecule has 0 saturated carbocycles. The predicted octanol–water partition coefficient (Wildman–Crippen LogP) is 5.92. The molecule has 2 aromatic heterocycles. The molecule has 0 N–H and O–H groups in total. The lowest BCUT2D eigenvalue weighted by Crippen LogP contribution is -2.56. The topological polar surface area (TPSA) is 21.1 Å². The molecule has 0 aliphatic carbocycles. The van der Waals surface area contributed by atoms with E-state index in [2.05, 4.69) is 113 Å². The fourth-order valence-corrected chi connectivity index (χ4v) is 6.23. The summed E-state index contributed by atoms with van der Waals surface area (Å²) >= 11 is 0. The van der Waals surface area contributed by atoms with E-state index in [-0.39, 0.29) is 6.85 Å². The summed E-state index contributed by atoms with van der Waals surface area (Å²) in [5.41, 5.74) is 12.4. The van der Waals surface area contributed by atoms with Crippen LogP contribution in [0.1, 0.15) is 5.56 Å². The molecular formula is C30H20BN3. The first kappa shape index (κ1) is 18.2. The SMILES string of the molecule is Cc1ccc2c3c1-c1nccc4c5ccccc5n(c14)B3c1ccccc1N2c1ccccc1. The molecule has 0 saturated heterocycles. The van der Waals surface area contributed by atoms with Gasteiger partial charge in [0.1, 0.15) is 0 Å². The Morgan fingerprint density at radius 2 is 1.50 bits per heavy atom. The number of hydrogen-bond acceptors (Lipinski definition) is 2. The van der Waals surface area contributed by atoms with Crippen molar-refractivity contribution in [3.8, 4) is 11.3 Å². The van der Waals surface area contributed by atoms with Gasteiger partial charge in [-0.2, -0.15) is 0 Å². The molecular weight excluding hydrogens is 413 g/mol. The summed E-state index contributed by atoms with van der Waals surface area (Å²) in [5, 5.41) is 2.56. The summed E-state index contributed by atoms with van der Waals surface area (Å²) in [6, 6.07) is 35.1. The summed E-state index contributed by atoms with van der Waals surface area (Å²) in [6.07, 6.45) is 1.97. The summed E-state index contributed by atoms with van der Waals surface area (Å²) in [4.78, 5) is 7.40. The third-order valence-electron chi connectivity index (χ3n) is 7.55. The second-order valence-corrected chi connectivity index (χ2v) is 9.27. The van der Waals surface area contributed by atoms with E-state index < -0.39 is 0 Å². The lowest BCUT2D eigenvalue weighted by atomic mass is 9.45. The van der Waals surface area contributed by atoms with Gasteiger partial charge in [-0.1, -0.05) is 60.7 Å². The zero-order valence-corrected chi connectivity index (χ0v) is 18.7. The molecule has 0 spiro atoms. The number of rotatable bonds is 1. The predicted molar refractivity (Wildman–Crippen MR) is 143 cm³/mol. The lowest BCUT2D eigenvalue weighted by Gasteiger charge is -2.40. The molecule has 0 amide bonds. The molecule has 158 valence electrons. The Morgan fingerprint density at radius 1 is 0.706 bits per heavy atom. The fraction of sp³-hybridized carbons (Fsp3) is 0.0333. The van der Waals surface area contributed by atoms with E-state index in [9.17, 15) is 0 Å². The van der Waals surface area contributed by atoms with Gasteiger partial charge in [0.05, 0.1) is 11.2 Å². The number of para-hydroxylation sites is 3. The molecule has 4 heterocycles. The van der Waals surface area contributed by atoms with Crippen LogP contribution in [0.15, 0.2) is 103 Å². The van der Waals surface area contributed by atoms with Crippen LogP contribution in [0, 0.1) is 6.92 Å². The minimum atomic E-state index is 0.0974. The van der Waals surface area contributed by atoms with E-state index in [1.807, 2.05) is 6.20 Å².